The Bertz CT molecular complexity index is 903. The molecule has 1 heterocycles. The van der Waals surface area contributed by atoms with E-state index in [1.54, 1.807) is 26.4 Å². The molecule has 4 rings (SSSR count). The average molecular weight is 454 g/mol. The Balaban J connectivity index is 1.28. The van der Waals surface area contributed by atoms with Crippen molar-refractivity contribution in [2.45, 2.75) is 56.8 Å². The monoisotopic (exact) mass is 453 g/mol. The summed E-state index contributed by atoms with van der Waals surface area (Å²) in [5, 5.41) is 0. The van der Waals surface area contributed by atoms with Crippen LogP contribution in [0.3, 0.4) is 0 Å². The SMILES string of the molecule is COc1ccc(CCO[C@H]2CCCC[C@@H]2N2CC[C@@H](OC(=O)c3ccccc3)C2)cc1OC. The maximum Gasteiger partial charge on any atom is 0.338 e. The number of rotatable bonds is 9. The van der Waals surface area contributed by atoms with E-state index >= 15 is 0 Å². The zero-order valence-electron chi connectivity index (χ0n) is 19.7. The number of benzene rings is 2. The van der Waals surface area contributed by atoms with Crippen LogP contribution in [-0.4, -0.2) is 63.0 Å². The molecular weight excluding hydrogens is 418 g/mol. The van der Waals surface area contributed by atoms with Crippen LogP contribution < -0.4 is 9.47 Å². The van der Waals surface area contributed by atoms with Crippen LogP contribution in [0, 0.1) is 0 Å². The third-order valence-electron chi connectivity index (χ3n) is 6.77. The number of carbonyl (C=O) groups excluding carboxylic acids is 1. The molecule has 6 heteroatoms. The molecule has 2 aromatic carbocycles. The molecule has 0 radical (unpaired) electrons. The van der Waals surface area contributed by atoms with Gasteiger partial charge in [0.2, 0.25) is 0 Å². The minimum atomic E-state index is -0.228. The molecule has 6 nitrogen and oxygen atoms in total. The number of hydrogen-bond donors (Lipinski definition) is 0. The van der Waals surface area contributed by atoms with Gasteiger partial charge in [-0.15, -0.1) is 0 Å². The van der Waals surface area contributed by atoms with E-state index in [4.69, 9.17) is 18.9 Å². The Morgan fingerprint density at radius 2 is 1.76 bits per heavy atom. The van der Waals surface area contributed by atoms with Crippen molar-refractivity contribution in [3.8, 4) is 11.5 Å². The normalized spacial score (nSPS) is 23.3. The third-order valence-corrected chi connectivity index (χ3v) is 6.77. The first kappa shape index (κ1) is 23.6. The van der Waals surface area contributed by atoms with Crippen LogP contribution in [0.2, 0.25) is 0 Å². The van der Waals surface area contributed by atoms with E-state index in [0.717, 1.165) is 50.3 Å². The fraction of sp³-hybridized carbons (Fsp3) is 0.519. The van der Waals surface area contributed by atoms with Crippen molar-refractivity contribution < 1.29 is 23.7 Å². The lowest BCUT2D eigenvalue weighted by molar-refractivity contribution is -0.0327. The van der Waals surface area contributed by atoms with Crippen molar-refractivity contribution in [2.75, 3.05) is 33.9 Å². The number of carbonyl (C=O) groups is 1. The van der Waals surface area contributed by atoms with Gasteiger partial charge in [-0.25, -0.2) is 4.79 Å². The number of esters is 1. The Labute approximate surface area is 196 Å². The lowest BCUT2D eigenvalue weighted by Gasteiger charge is -2.37. The predicted octanol–water partition coefficient (Wildman–Crippen LogP) is 4.51. The smallest absolute Gasteiger partial charge is 0.338 e. The standard InChI is InChI=1S/C27H35NO5/c1-30-25-13-12-20(18-26(25)31-2)15-17-32-24-11-7-6-10-23(24)28-16-14-22(19-28)33-27(29)21-8-4-3-5-9-21/h3-5,8-9,12-13,18,22-24H,6-7,10-11,14-17,19H2,1-2H3/t22-,23+,24+/m1/s1. The topological polar surface area (TPSA) is 57.2 Å². The van der Waals surface area contributed by atoms with Crippen LogP contribution in [0.25, 0.3) is 0 Å². The summed E-state index contributed by atoms with van der Waals surface area (Å²) < 4.78 is 22.9. The van der Waals surface area contributed by atoms with Gasteiger partial charge in [0.1, 0.15) is 6.10 Å². The summed E-state index contributed by atoms with van der Waals surface area (Å²) >= 11 is 0. The molecule has 0 amide bonds. The number of methoxy groups -OCH3 is 2. The molecule has 2 aliphatic rings. The van der Waals surface area contributed by atoms with Crippen molar-refractivity contribution in [1.82, 2.24) is 4.90 Å². The van der Waals surface area contributed by atoms with Gasteiger partial charge in [0.05, 0.1) is 32.5 Å². The van der Waals surface area contributed by atoms with Crippen LogP contribution in [0.5, 0.6) is 11.5 Å². The Morgan fingerprint density at radius 1 is 0.970 bits per heavy atom. The van der Waals surface area contributed by atoms with E-state index < -0.39 is 0 Å². The predicted molar refractivity (Wildman–Crippen MR) is 127 cm³/mol. The summed E-state index contributed by atoms with van der Waals surface area (Å²) in [5.41, 5.74) is 1.79. The summed E-state index contributed by atoms with van der Waals surface area (Å²) in [4.78, 5) is 14.9. The van der Waals surface area contributed by atoms with Crippen molar-refractivity contribution in [1.29, 1.82) is 0 Å². The van der Waals surface area contributed by atoms with Crippen LogP contribution in [0.4, 0.5) is 0 Å². The highest BCUT2D eigenvalue weighted by Gasteiger charge is 2.36. The molecule has 1 saturated carbocycles. The van der Waals surface area contributed by atoms with E-state index in [1.807, 2.05) is 30.3 Å². The Hall–Kier alpha value is -2.57. The number of likely N-dealkylation sites (tertiary alicyclic amines) is 1. The van der Waals surface area contributed by atoms with Gasteiger partial charge >= 0.3 is 5.97 Å². The van der Waals surface area contributed by atoms with E-state index in [2.05, 4.69) is 11.0 Å². The maximum atomic E-state index is 12.4. The number of hydrogen-bond acceptors (Lipinski definition) is 6. The van der Waals surface area contributed by atoms with Crippen LogP contribution in [-0.2, 0) is 15.9 Å². The fourth-order valence-corrected chi connectivity index (χ4v) is 5.00. The maximum absolute atomic E-state index is 12.4. The highest BCUT2D eigenvalue weighted by atomic mass is 16.5. The molecule has 1 aliphatic heterocycles. The van der Waals surface area contributed by atoms with Crippen molar-refractivity contribution in [2.24, 2.45) is 0 Å². The molecule has 0 N–H and O–H groups in total. The molecular formula is C27H35NO5. The highest BCUT2D eigenvalue weighted by molar-refractivity contribution is 5.89. The van der Waals surface area contributed by atoms with Gasteiger partial charge in [-0.1, -0.05) is 37.1 Å². The first-order chi connectivity index (χ1) is 16.2. The quantitative estimate of drug-likeness (QED) is 0.521. The molecule has 178 valence electrons. The summed E-state index contributed by atoms with van der Waals surface area (Å²) in [6.07, 6.45) is 6.55. The average Bonchev–Trinajstić information content (AvgIpc) is 3.33. The van der Waals surface area contributed by atoms with Gasteiger partial charge in [0.25, 0.3) is 0 Å². The largest absolute Gasteiger partial charge is 0.493 e. The second kappa shape index (κ2) is 11.5. The second-order valence-corrected chi connectivity index (χ2v) is 8.88. The van der Waals surface area contributed by atoms with E-state index in [9.17, 15) is 4.79 Å². The highest BCUT2D eigenvalue weighted by Crippen LogP contribution is 2.30. The number of ether oxygens (including phenoxy) is 4. The van der Waals surface area contributed by atoms with E-state index in [-0.39, 0.29) is 18.2 Å². The molecule has 1 saturated heterocycles. The molecule has 3 atom stereocenters. The van der Waals surface area contributed by atoms with Crippen LogP contribution in [0.15, 0.2) is 48.5 Å². The van der Waals surface area contributed by atoms with E-state index in [1.165, 1.54) is 18.4 Å². The molecule has 0 spiro atoms. The lowest BCUT2D eigenvalue weighted by atomic mass is 9.91. The minimum absolute atomic E-state index is 0.0490. The zero-order chi connectivity index (χ0) is 23.0. The molecule has 2 aromatic rings. The Kier molecular flexibility index (Phi) is 8.24. The molecule has 2 fully saturated rings. The zero-order valence-corrected chi connectivity index (χ0v) is 19.7. The molecule has 0 unspecified atom stereocenters. The first-order valence-corrected chi connectivity index (χ1v) is 12.0. The van der Waals surface area contributed by atoms with Crippen molar-refractivity contribution in [3.05, 3.63) is 59.7 Å². The third kappa shape index (κ3) is 6.06. The minimum Gasteiger partial charge on any atom is -0.493 e. The summed E-state index contributed by atoms with van der Waals surface area (Å²) in [6, 6.07) is 15.7. The summed E-state index contributed by atoms with van der Waals surface area (Å²) in [5.74, 6) is 1.26. The van der Waals surface area contributed by atoms with Gasteiger partial charge in [0.15, 0.2) is 11.5 Å². The van der Waals surface area contributed by atoms with Gasteiger partial charge < -0.3 is 18.9 Å². The van der Waals surface area contributed by atoms with E-state index in [0.29, 0.717) is 18.2 Å². The van der Waals surface area contributed by atoms with Crippen LogP contribution >= 0.6 is 0 Å². The van der Waals surface area contributed by atoms with Gasteiger partial charge in [-0.3, -0.25) is 4.90 Å². The molecule has 0 aromatic heterocycles. The molecule has 33 heavy (non-hydrogen) atoms. The molecule has 1 aliphatic carbocycles. The fourth-order valence-electron chi connectivity index (χ4n) is 5.00. The Morgan fingerprint density at radius 3 is 2.55 bits per heavy atom. The van der Waals surface area contributed by atoms with Crippen LogP contribution in [0.1, 0.15) is 48.0 Å². The summed E-state index contributed by atoms with van der Waals surface area (Å²) in [6.45, 7) is 2.42. The van der Waals surface area contributed by atoms with Crippen molar-refractivity contribution >= 4 is 5.97 Å². The van der Waals surface area contributed by atoms with Crippen molar-refractivity contribution in [3.63, 3.8) is 0 Å². The first-order valence-electron chi connectivity index (χ1n) is 12.0. The van der Waals surface area contributed by atoms with Gasteiger partial charge in [-0.2, -0.15) is 0 Å². The van der Waals surface area contributed by atoms with Gasteiger partial charge in [-0.05, 0) is 55.5 Å². The summed E-state index contributed by atoms with van der Waals surface area (Å²) in [7, 11) is 3.31. The number of nitrogens with zero attached hydrogens (tertiary/aromatic N) is 1. The molecule has 0 bridgehead atoms. The second-order valence-electron chi connectivity index (χ2n) is 8.88. The van der Waals surface area contributed by atoms with Gasteiger partial charge in [0, 0.05) is 19.1 Å². The lowest BCUT2D eigenvalue weighted by Crippen LogP contribution is -2.46.